The number of likely N-dealkylation sites (tertiary alicyclic amines) is 1. The summed E-state index contributed by atoms with van der Waals surface area (Å²) in [5.41, 5.74) is 2.01. The summed E-state index contributed by atoms with van der Waals surface area (Å²) in [4.78, 5) is 35.3. The summed E-state index contributed by atoms with van der Waals surface area (Å²) in [6, 6.07) is 12.8. The third-order valence-corrected chi connectivity index (χ3v) is 4.93. The van der Waals surface area contributed by atoms with E-state index < -0.39 is 0 Å². The number of hydrogen-bond acceptors (Lipinski definition) is 4. The average molecular weight is 360 g/mol. The Morgan fingerprint density at radius 1 is 1.07 bits per heavy atom. The number of fused-ring (bicyclic) bond motifs is 1. The molecule has 0 radical (unpaired) electrons. The van der Waals surface area contributed by atoms with E-state index in [2.05, 4.69) is 15.3 Å². The first-order valence-electron chi connectivity index (χ1n) is 9.06. The molecule has 1 atom stereocenters. The van der Waals surface area contributed by atoms with Crippen LogP contribution in [0.25, 0.3) is 10.9 Å². The lowest BCUT2D eigenvalue weighted by atomic mass is 10.1. The van der Waals surface area contributed by atoms with Crippen molar-refractivity contribution in [3.05, 3.63) is 72.2 Å². The van der Waals surface area contributed by atoms with Gasteiger partial charge in [0.1, 0.15) is 0 Å². The summed E-state index contributed by atoms with van der Waals surface area (Å²) in [5.74, 6) is -0.158. The Kier molecular flexibility index (Phi) is 4.78. The molecule has 4 rings (SSSR count). The van der Waals surface area contributed by atoms with Gasteiger partial charge in [0.15, 0.2) is 0 Å². The lowest BCUT2D eigenvalue weighted by molar-refractivity contribution is 0.0725. The second-order valence-corrected chi connectivity index (χ2v) is 6.65. The summed E-state index contributed by atoms with van der Waals surface area (Å²) in [7, 11) is 0. The maximum atomic E-state index is 13.0. The van der Waals surface area contributed by atoms with Gasteiger partial charge < -0.3 is 10.2 Å². The number of nitrogens with zero attached hydrogens (tertiary/aromatic N) is 3. The molecule has 6 nitrogen and oxygen atoms in total. The molecule has 1 aliphatic heterocycles. The van der Waals surface area contributed by atoms with Crippen LogP contribution in [-0.2, 0) is 0 Å². The lowest BCUT2D eigenvalue weighted by Gasteiger charge is -2.25. The van der Waals surface area contributed by atoms with Crippen LogP contribution in [0.2, 0.25) is 0 Å². The van der Waals surface area contributed by atoms with E-state index in [-0.39, 0.29) is 17.9 Å². The Labute approximate surface area is 157 Å². The third kappa shape index (κ3) is 3.65. The first-order valence-corrected chi connectivity index (χ1v) is 9.06. The zero-order chi connectivity index (χ0) is 18.6. The smallest absolute Gasteiger partial charge is 0.254 e. The topological polar surface area (TPSA) is 75.2 Å². The van der Waals surface area contributed by atoms with Crippen molar-refractivity contribution in [1.82, 2.24) is 20.2 Å². The standard InChI is InChI=1S/C21H20N4O2/c26-20(16-7-10-22-11-8-16)24-14-18-4-2-12-25(18)21(27)17-6-5-15-3-1-9-23-19(15)13-17/h1,3,5-11,13,18H,2,4,12,14H2,(H,24,26). The predicted molar refractivity (Wildman–Crippen MR) is 102 cm³/mol. The maximum absolute atomic E-state index is 13.0. The molecule has 1 saturated heterocycles. The van der Waals surface area contributed by atoms with E-state index in [4.69, 9.17) is 0 Å². The largest absolute Gasteiger partial charge is 0.350 e. The van der Waals surface area contributed by atoms with Gasteiger partial charge >= 0.3 is 0 Å². The summed E-state index contributed by atoms with van der Waals surface area (Å²) < 4.78 is 0. The molecule has 2 amide bonds. The van der Waals surface area contributed by atoms with Crippen molar-refractivity contribution in [2.75, 3.05) is 13.1 Å². The van der Waals surface area contributed by atoms with Crippen molar-refractivity contribution in [3.63, 3.8) is 0 Å². The monoisotopic (exact) mass is 360 g/mol. The van der Waals surface area contributed by atoms with Gasteiger partial charge in [-0.2, -0.15) is 0 Å². The van der Waals surface area contributed by atoms with E-state index in [0.29, 0.717) is 24.2 Å². The number of amides is 2. The highest BCUT2D eigenvalue weighted by atomic mass is 16.2. The number of aromatic nitrogens is 2. The molecule has 1 aromatic carbocycles. The molecule has 0 aliphatic carbocycles. The van der Waals surface area contributed by atoms with Crippen molar-refractivity contribution in [3.8, 4) is 0 Å². The minimum Gasteiger partial charge on any atom is -0.350 e. The van der Waals surface area contributed by atoms with Crippen LogP contribution in [0.3, 0.4) is 0 Å². The van der Waals surface area contributed by atoms with Gasteiger partial charge in [-0.25, -0.2) is 0 Å². The first kappa shape index (κ1) is 17.1. The lowest BCUT2D eigenvalue weighted by Crippen LogP contribution is -2.43. The zero-order valence-corrected chi connectivity index (χ0v) is 14.8. The van der Waals surface area contributed by atoms with Gasteiger partial charge in [-0.3, -0.25) is 19.6 Å². The number of carbonyl (C=O) groups excluding carboxylic acids is 2. The van der Waals surface area contributed by atoms with Crippen molar-refractivity contribution in [1.29, 1.82) is 0 Å². The van der Waals surface area contributed by atoms with Gasteiger partial charge in [0.05, 0.1) is 5.52 Å². The average Bonchev–Trinajstić information content (AvgIpc) is 3.20. The Hall–Kier alpha value is -3.28. The zero-order valence-electron chi connectivity index (χ0n) is 14.8. The number of hydrogen-bond donors (Lipinski definition) is 1. The molecule has 136 valence electrons. The molecule has 1 N–H and O–H groups in total. The molecule has 2 aromatic heterocycles. The highest BCUT2D eigenvalue weighted by molar-refractivity contribution is 5.98. The fourth-order valence-electron chi connectivity index (χ4n) is 3.50. The Morgan fingerprint density at radius 3 is 2.78 bits per heavy atom. The van der Waals surface area contributed by atoms with E-state index >= 15 is 0 Å². The maximum Gasteiger partial charge on any atom is 0.254 e. The van der Waals surface area contributed by atoms with Crippen LogP contribution in [0.15, 0.2) is 61.1 Å². The molecule has 1 unspecified atom stereocenters. The molecule has 0 bridgehead atoms. The van der Waals surface area contributed by atoms with Crippen LogP contribution in [0.1, 0.15) is 33.6 Å². The molecule has 6 heteroatoms. The minimum atomic E-state index is -0.147. The van der Waals surface area contributed by atoms with Crippen molar-refractivity contribution >= 4 is 22.7 Å². The van der Waals surface area contributed by atoms with Gasteiger partial charge in [0, 0.05) is 54.2 Å². The van der Waals surface area contributed by atoms with E-state index in [1.54, 1.807) is 30.7 Å². The molecule has 27 heavy (non-hydrogen) atoms. The normalized spacial score (nSPS) is 16.4. The summed E-state index contributed by atoms with van der Waals surface area (Å²) in [6.07, 6.45) is 6.73. The van der Waals surface area contributed by atoms with Crippen LogP contribution < -0.4 is 5.32 Å². The minimum absolute atomic E-state index is 0.00252. The molecule has 1 aliphatic rings. The Morgan fingerprint density at radius 2 is 1.93 bits per heavy atom. The van der Waals surface area contributed by atoms with Gasteiger partial charge in [-0.05, 0) is 43.2 Å². The van der Waals surface area contributed by atoms with Gasteiger partial charge in [0.2, 0.25) is 0 Å². The molecular formula is C21H20N4O2. The van der Waals surface area contributed by atoms with E-state index in [0.717, 1.165) is 23.7 Å². The third-order valence-electron chi connectivity index (χ3n) is 4.93. The van der Waals surface area contributed by atoms with Crippen molar-refractivity contribution < 1.29 is 9.59 Å². The number of rotatable bonds is 4. The first-order chi connectivity index (χ1) is 13.2. The van der Waals surface area contributed by atoms with Crippen LogP contribution in [0, 0.1) is 0 Å². The summed E-state index contributed by atoms with van der Waals surface area (Å²) >= 11 is 0. The van der Waals surface area contributed by atoms with Crippen LogP contribution >= 0.6 is 0 Å². The Bertz CT molecular complexity index is 974. The molecule has 0 spiro atoms. The van der Waals surface area contributed by atoms with E-state index in [9.17, 15) is 9.59 Å². The highest BCUT2D eigenvalue weighted by Gasteiger charge is 2.29. The van der Waals surface area contributed by atoms with Crippen molar-refractivity contribution in [2.24, 2.45) is 0 Å². The molecule has 3 aromatic rings. The summed E-state index contributed by atoms with van der Waals surface area (Å²) in [6.45, 7) is 1.15. The fraction of sp³-hybridized carbons (Fsp3) is 0.238. The van der Waals surface area contributed by atoms with Crippen molar-refractivity contribution in [2.45, 2.75) is 18.9 Å². The van der Waals surface area contributed by atoms with Gasteiger partial charge in [-0.15, -0.1) is 0 Å². The molecule has 0 saturated carbocycles. The summed E-state index contributed by atoms with van der Waals surface area (Å²) in [5, 5.41) is 3.94. The molecular weight excluding hydrogens is 340 g/mol. The van der Waals surface area contributed by atoms with E-state index in [1.165, 1.54) is 0 Å². The highest BCUT2D eigenvalue weighted by Crippen LogP contribution is 2.21. The molecule has 1 fully saturated rings. The Balaban J connectivity index is 1.45. The molecule has 3 heterocycles. The predicted octanol–water partition coefficient (Wildman–Crippen LogP) is 2.66. The van der Waals surface area contributed by atoms with Crippen LogP contribution in [0.5, 0.6) is 0 Å². The van der Waals surface area contributed by atoms with Crippen LogP contribution in [0.4, 0.5) is 0 Å². The van der Waals surface area contributed by atoms with E-state index in [1.807, 2.05) is 35.2 Å². The number of carbonyl (C=O) groups is 2. The quantitative estimate of drug-likeness (QED) is 0.776. The number of benzene rings is 1. The number of pyridine rings is 2. The number of nitrogens with one attached hydrogen (secondary N) is 1. The van der Waals surface area contributed by atoms with Crippen LogP contribution in [-0.4, -0.2) is 45.8 Å². The fourth-order valence-corrected chi connectivity index (χ4v) is 3.50. The SMILES string of the molecule is O=C(NCC1CCCN1C(=O)c1ccc2cccnc2c1)c1ccncc1. The second kappa shape index (κ2) is 7.53. The second-order valence-electron chi connectivity index (χ2n) is 6.65. The van der Waals surface area contributed by atoms with Gasteiger partial charge in [0.25, 0.3) is 11.8 Å². The van der Waals surface area contributed by atoms with Gasteiger partial charge in [-0.1, -0.05) is 12.1 Å².